The molecule has 0 radical (unpaired) electrons. The molecule has 0 saturated heterocycles. The number of amides is 1. The molecule has 5 nitrogen and oxygen atoms in total. The number of ether oxygens (including phenoxy) is 1. The van der Waals surface area contributed by atoms with Crippen LogP contribution in [0.1, 0.15) is 15.9 Å². The number of hydrogen-bond acceptors (Lipinski definition) is 4. The van der Waals surface area contributed by atoms with Crippen LogP contribution in [0.25, 0.3) is 0 Å². The molecule has 0 aromatic heterocycles. The maximum absolute atomic E-state index is 12.1. The number of carbonyl (C=O) groups excluding carboxylic acids is 2. The second kappa shape index (κ2) is 8.92. The van der Waals surface area contributed by atoms with Crippen molar-refractivity contribution in [3.05, 3.63) is 65.7 Å². The summed E-state index contributed by atoms with van der Waals surface area (Å²) < 4.78 is 4.62. The van der Waals surface area contributed by atoms with Crippen molar-refractivity contribution in [2.45, 2.75) is 12.5 Å². The largest absolute Gasteiger partial charge is 0.465 e. The minimum Gasteiger partial charge on any atom is -0.465 e. The van der Waals surface area contributed by atoms with Gasteiger partial charge in [0.2, 0.25) is 5.91 Å². The minimum atomic E-state index is -0.636. The van der Waals surface area contributed by atoms with Gasteiger partial charge in [0.05, 0.1) is 18.7 Å². The number of carbonyl (C=O) groups is 2. The number of benzene rings is 2. The lowest BCUT2D eigenvalue weighted by molar-refractivity contribution is -0.117. The molecular formula is C17H19ClN2O3. The third-order valence-electron chi connectivity index (χ3n) is 3.21. The normalized spacial score (nSPS) is 11.0. The van der Waals surface area contributed by atoms with Gasteiger partial charge < -0.3 is 15.8 Å². The lowest BCUT2D eigenvalue weighted by Crippen LogP contribution is -2.37. The van der Waals surface area contributed by atoms with Crippen LogP contribution in [0.3, 0.4) is 0 Å². The maximum Gasteiger partial charge on any atom is 0.337 e. The van der Waals surface area contributed by atoms with Crippen molar-refractivity contribution in [3.8, 4) is 0 Å². The van der Waals surface area contributed by atoms with E-state index in [2.05, 4.69) is 10.1 Å². The molecule has 0 aliphatic heterocycles. The number of methoxy groups -OCH3 is 1. The van der Waals surface area contributed by atoms with Gasteiger partial charge in [-0.1, -0.05) is 30.3 Å². The molecule has 0 bridgehead atoms. The zero-order valence-corrected chi connectivity index (χ0v) is 13.5. The Morgan fingerprint density at radius 3 is 2.26 bits per heavy atom. The molecule has 2 rings (SSSR count). The highest BCUT2D eigenvalue weighted by atomic mass is 35.5. The summed E-state index contributed by atoms with van der Waals surface area (Å²) in [5.74, 6) is -0.687. The van der Waals surface area contributed by atoms with E-state index in [4.69, 9.17) is 5.73 Å². The molecule has 0 unspecified atom stereocenters. The second-order valence-electron chi connectivity index (χ2n) is 4.85. The number of halogens is 1. The standard InChI is InChI=1S/C17H18N2O3.ClH/c1-22-17(21)13-7-9-14(10-8-13)19-16(20)15(18)11-12-5-3-2-4-6-12;/h2-10,15H,11,18H2,1H3,(H,19,20);1H/t15-;/m0./s1. The first-order valence-electron chi connectivity index (χ1n) is 6.89. The van der Waals surface area contributed by atoms with E-state index in [0.29, 0.717) is 17.7 Å². The van der Waals surface area contributed by atoms with E-state index in [1.807, 2.05) is 30.3 Å². The number of nitrogens with two attached hydrogens (primary N) is 1. The zero-order chi connectivity index (χ0) is 15.9. The van der Waals surface area contributed by atoms with Gasteiger partial charge in [0.1, 0.15) is 0 Å². The number of nitrogens with one attached hydrogen (secondary N) is 1. The average Bonchev–Trinajstić information content (AvgIpc) is 2.55. The molecule has 2 aromatic carbocycles. The Hall–Kier alpha value is -2.37. The summed E-state index contributed by atoms with van der Waals surface area (Å²) in [4.78, 5) is 23.4. The number of hydrogen-bond donors (Lipinski definition) is 2. The van der Waals surface area contributed by atoms with Crippen molar-refractivity contribution < 1.29 is 14.3 Å². The van der Waals surface area contributed by atoms with E-state index in [1.165, 1.54) is 7.11 Å². The van der Waals surface area contributed by atoms with Gasteiger partial charge in [-0.25, -0.2) is 4.79 Å². The third-order valence-corrected chi connectivity index (χ3v) is 3.21. The van der Waals surface area contributed by atoms with E-state index in [1.54, 1.807) is 24.3 Å². The van der Waals surface area contributed by atoms with Gasteiger partial charge >= 0.3 is 5.97 Å². The molecule has 2 aromatic rings. The van der Waals surface area contributed by atoms with Gasteiger partial charge in [-0.2, -0.15) is 0 Å². The van der Waals surface area contributed by atoms with Gasteiger partial charge in [-0.3, -0.25) is 4.79 Å². The lowest BCUT2D eigenvalue weighted by Gasteiger charge is -2.12. The number of rotatable bonds is 5. The van der Waals surface area contributed by atoms with Crippen molar-refractivity contribution in [1.29, 1.82) is 0 Å². The Balaban J connectivity index is 0.00000264. The van der Waals surface area contributed by atoms with Gasteiger partial charge in [0.15, 0.2) is 0 Å². The SMILES string of the molecule is COC(=O)c1ccc(NC(=O)[C@@H](N)Cc2ccccc2)cc1.Cl. The fourth-order valence-electron chi connectivity index (χ4n) is 2.00. The van der Waals surface area contributed by atoms with Gasteiger partial charge in [0, 0.05) is 5.69 Å². The molecule has 0 saturated carbocycles. The summed E-state index contributed by atoms with van der Waals surface area (Å²) in [7, 11) is 1.32. The van der Waals surface area contributed by atoms with Crippen LogP contribution in [0.15, 0.2) is 54.6 Å². The fourth-order valence-corrected chi connectivity index (χ4v) is 2.00. The highest BCUT2D eigenvalue weighted by Crippen LogP contribution is 2.11. The molecule has 1 amide bonds. The lowest BCUT2D eigenvalue weighted by atomic mass is 10.1. The molecule has 0 aliphatic rings. The van der Waals surface area contributed by atoms with E-state index in [-0.39, 0.29) is 18.3 Å². The van der Waals surface area contributed by atoms with Crippen molar-refractivity contribution in [3.63, 3.8) is 0 Å². The monoisotopic (exact) mass is 334 g/mol. The Labute approximate surface area is 141 Å². The molecule has 1 atom stereocenters. The van der Waals surface area contributed by atoms with Crippen molar-refractivity contribution in [1.82, 2.24) is 0 Å². The first-order chi connectivity index (χ1) is 10.6. The smallest absolute Gasteiger partial charge is 0.337 e. The van der Waals surface area contributed by atoms with E-state index >= 15 is 0 Å². The Kier molecular flexibility index (Phi) is 7.25. The van der Waals surface area contributed by atoms with Crippen LogP contribution in [0.5, 0.6) is 0 Å². The summed E-state index contributed by atoms with van der Waals surface area (Å²) in [5, 5.41) is 2.73. The topological polar surface area (TPSA) is 81.4 Å². The number of anilines is 1. The summed E-state index contributed by atoms with van der Waals surface area (Å²) in [6, 6.07) is 15.4. The molecule has 3 N–H and O–H groups in total. The van der Waals surface area contributed by atoms with Crippen LogP contribution in [-0.4, -0.2) is 25.0 Å². The molecule has 6 heteroatoms. The van der Waals surface area contributed by atoms with Crippen molar-refractivity contribution in [2.24, 2.45) is 5.73 Å². The molecule has 0 fully saturated rings. The van der Waals surface area contributed by atoms with Crippen LogP contribution in [-0.2, 0) is 16.0 Å². The van der Waals surface area contributed by atoms with E-state index in [9.17, 15) is 9.59 Å². The van der Waals surface area contributed by atoms with Crippen LogP contribution in [0.2, 0.25) is 0 Å². The van der Waals surface area contributed by atoms with Gasteiger partial charge in [0.25, 0.3) is 0 Å². The first kappa shape index (κ1) is 18.7. The third kappa shape index (κ3) is 5.39. The molecule has 23 heavy (non-hydrogen) atoms. The molecule has 122 valence electrons. The van der Waals surface area contributed by atoms with Crippen LogP contribution in [0.4, 0.5) is 5.69 Å². The van der Waals surface area contributed by atoms with E-state index in [0.717, 1.165) is 5.56 Å². The van der Waals surface area contributed by atoms with Crippen molar-refractivity contribution in [2.75, 3.05) is 12.4 Å². The van der Waals surface area contributed by atoms with Gasteiger partial charge in [-0.15, -0.1) is 12.4 Å². The van der Waals surface area contributed by atoms with Crippen molar-refractivity contribution >= 4 is 30.0 Å². The molecular weight excluding hydrogens is 316 g/mol. The van der Waals surface area contributed by atoms with Gasteiger partial charge in [-0.05, 0) is 36.2 Å². The predicted molar refractivity (Wildman–Crippen MR) is 91.8 cm³/mol. The Bertz CT molecular complexity index is 645. The zero-order valence-electron chi connectivity index (χ0n) is 12.7. The highest BCUT2D eigenvalue weighted by molar-refractivity contribution is 5.95. The average molecular weight is 335 g/mol. The summed E-state index contributed by atoms with van der Waals surface area (Å²) >= 11 is 0. The van der Waals surface area contributed by atoms with Crippen LogP contribution in [0, 0.1) is 0 Å². The summed E-state index contributed by atoms with van der Waals surface area (Å²) in [6.45, 7) is 0. The maximum atomic E-state index is 12.1. The minimum absolute atomic E-state index is 0. The predicted octanol–water partition coefficient (Wildman–Crippen LogP) is 2.40. The molecule has 0 spiro atoms. The quantitative estimate of drug-likeness (QED) is 0.823. The van der Waals surface area contributed by atoms with Crippen LogP contribution < -0.4 is 11.1 Å². The summed E-state index contributed by atoms with van der Waals surface area (Å²) in [5.41, 5.74) is 7.93. The van der Waals surface area contributed by atoms with E-state index < -0.39 is 12.0 Å². The van der Waals surface area contributed by atoms with Crippen LogP contribution >= 0.6 is 12.4 Å². The fraction of sp³-hybridized carbons (Fsp3) is 0.176. The second-order valence-corrected chi connectivity index (χ2v) is 4.85. The summed E-state index contributed by atoms with van der Waals surface area (Å²) in [6.07, 6.45) is 0.465. The highest BCUT2D eigenvalue weighted by Gasteiger charge is 2.14. The first-order valence-corrected chi connectivity index (χ1v) is 6.89. The molecule has 0 heterocycles. The molecule has 0 aliphatic carbocycles. The Morgan fingerprint density at radius 1 is 1.09 bits per heavy atom. The number of esters is 1. The Morgan fingerprint density at radius 2 is 1.70 bits per heavy atom.